The molecule has 2 aromatic rings. The number of hydrogen-bond acceptors (Lipinski definition) is 6. The van der Waals surface area contributed by atoms with Gasteiger partial charge in [0.15, 0.2) is 0 Å². The zero-order valence-corrected chi connectivity index (χ0v) is 28.2. The number of hydrogen-bond donors (Lipinski definition) is 3. The first-order valence-corrected chi connectivity index (χ1v) is 16.5. The number of fused-ring (bicyclic) bond motifs is 2. The quantitative estimate of drug-likeness (QED) is 0.323. The predicted molar refractivity (Wildman–Crippen MR) is 173 cm³/mol. The van der Waals surface area contributed by atoms with Crippen LogP contribution in [-0.4, -0.2) is 70.9 Å². The van der Waals surface area contributed by atoms with Crippen LogP contribution in [0.2, 0.25) is 0 Å². The Kier molecular flexibility index (Phi) is 9.86. The number of ether oxygens (including phenoxy) is 1. The minimum atomic E-state index is -4.89. The second-order valence-electron chi connectivity index (χ2n) is 14.9. The topological polar surface area (TPSA) is 134 Å². The molecule has 3 N–H and O–H groups in total. The van der Waals surface area contributed by atoms with Gasteiger partial charge in [-0.3, -0.25) is 19.2 Å². The van der Waals surface area contributed by atoms with Gasteiger partial charge < -0.3 is 25.6 Å². The van der Waals surface area contributed by atoms with Gasteiger partial charge in [-0.15, -0.1) is 0 Å². The number of amides is 4. The smallest absolute Gasteiger partial charge is 0.408 e. The van der Waals surface area contributed by atoms with Crippen LogP contribution < -0.4 is 16.0 Å². The van der Waals surface area contributed by atoms with Crippen LogP contribution in [0.3, 0.4) is 0 Å². The van der Waals surface area contributed by atoms with Gasteiger partial charge >= 0.3 is 12.3 Å². The normalized spacial score (nSPS) is 22.3. The molecular weight excluding hydrogens is 641 g/mol. The molecule has 2 aliphatic carbocycles. The van der Waals surface area contributed by atoms with Crippen LogP contribution in [0.1, 0.15) is 57.7 Å². The molecule has 1 heterocycles. The van der Waals surface area contributed by atoms with Crippen LogP contribution >= 0.6 is 0 Å². The van der Waals surface area contributed by atoms with E-state index in [1.807, 2.05) is 38.1 Å². The number of rotatable bonds is 10. The van der Waals surface area contributed by atoms with Gasteiger partial charge in [-0.25, -0.2) is 4.79 Å². The first-order chi connectivity index (χ1) is 22.9. The van der Waals surface area contributed by atoms with Crippen molar-refractivity contribution in [3.63, 3.8) is 0 Å². The third kappa shape index (κ3) is 8.25. The van der Waals surface area contributed by atoms with E-state index in [4.69, 9.17) is 4.74 Å². The van der Waals surface area contributed by atoms with Crippen molar-refractivity contribution < 1.29 is 41.9 Å². The van der Waals surface area contributed by atoms with E-state index in [0.717, 1.165) is 11.1 Å². The lowest BCUT2D eigenvalue weighted by Gasteiger charge is -2.35. The number of ketones is 1. The number of nitrogens with zero attached hydrogens (tertiary/aromatic N) is 1. The van der Waals surface area contributed by atoms with E-state index in [1.165, 1.54) is 4.90 Å². The Morgan fingerprint density at radius 3 is 2.08 bits per heavy atom. The molecule has 0 aromatic heterocycles. The lowest BCUT2D eigenvalue weighted by atomic mass is 9.93. The third-order valence-corrected chi connectivity index (χ3v) is 9.84. The lowest BCUT2D eigenvalue weighted by Crippen LogP contribution is -2.60. The molecule has 0 spiro atoms. The fourth-order valence-electron chi connectivity index (χ4n) is 7.36. The average molecular weight is 685 g/mol. The zero-order chi connectivity index (χ0) is 35.9. The van der Waals surface area contributed by atoms with E-state index in [2.05, 4.69) is 16.0 Å². The highest BCUT2D eigenvalue weighted by Crippen LogP contribution is 2.65. The van der Waals surface area contributed by atoms with Gasteiger partial charge in [0.1, 0.15) is 23.7 Å². The van der Waals surface area contributed by atoms with Gasteiger partial charge in [0.2, 0.25) is 17.6 Å². The molecule has 49 heavy (non-hydrogen) atoms. The minimum Gasteiger partial charge on any atom is -0.444 e. The SMILES string of the molecule is CC(C)(C)OC(=O)N[C@H](C(=O)N1C[C@H]2C([C@H]1C(=O)NC(CC(F)(F)F)C(=O)C(=O)NCc1ccccc1)C2(C)C)C1Cc2ccccc2C1. The van der Waals surface area contributed by atoms with Crippen LogP contribution in [0.5, 0.6) is 0 Å². The van der Waals surface area contributed by atoms with E-state index < -0.39 is 77.3 Å². The Labute approximate surface area is 283 Å². The molecule has 1 saturated carbocycles. The minimum absolute atomic E-state index is 0.0992. The van der Waals surface area contributed by atoms with E-state index >= 15 is 0 Å². The van der Waals surface area contributed by atoms with Crippen LogP contribution in [-0.2, 0) is 43.3 Å². The number of alkyl halides is 3. The molecule has 3 aliphatic rings. The molecule has 1 aliphatic heterocycles. The molecule has 1 saturated heterocycles. The fourth-order valence-corrected chi connectivity index (χ4v) is 7.36. The molecule has 2 fully saturated rings. The average Bonchev–Trinajstić information content (AvgIpc) is 3.38. The van der Waals surface area contributed by atoms with Gasteiger partial charge in [-0.05, 0) is 73.5 Å². The molecule has 0 radical (unpaired) electrons. The largest absolute Gasteiger partial charge is 0.444 e. The van der Waals surface area contributed by atoms with Gasteiger partial charge in [0.05, 0.1) is 6.42 Å². The summed E-state index contributed by atoms with van der Waals surface area (Å²) in [5.74, 6) is -5.17. The number of alkyl carbamates (subject to hydrolysis) is 1. The Morgan fingerprint density at radius 2 is 1.51 bits per heavy atom. The maximum atomic E-state index is 14.4. The van der Waals surface area contributed by atoms with Crippen molar-refractivity contribution in [2.75, 3.05) is 6.54 Å². The van der Waals surface area contributed by atoms with E-state index in [-0.39, 0.29) is 24.9 Å². The highest BCUT2D eigenvalue weighted by Gasteiger charge is 2.70. The molecule has 5 rings (SSSR count). The van der Waals surface area contributed by atoms with Crippen molar-refractivity contribution in [3.8, 4) is 0 Å². The Morgan fingerprint density at radius 1 is 0.918 bits per heavy atom. The van der Waals surface area contributed by atoms with Crippen molar-refractivity contribution in [3.05, 3.63) is 71.3 Å². The van der Waals surface area contributed by atoms with Gasteiger partial charge in [0, 0.05) is 13.1 Å². The highest BCUT2D eigenvalue weighted by atomic mass is 19.4. The third-order valence-electron chi connectivity index (χ3n) is 9.84. The van der Waals surface area contributed by atoms with Crippen molar-refractivity contribution in [2.45, 2.75) is 90.3 Å². The van der Waals surface area contributed by atoms with Crippen molar-refractivity contribution in [1.29, 1.82) is 0 Å². The summed E-state index contributed by atoms with van der Waals surface area (Å²) >= 11 is 0. The second-order valence-corrected chi connectivity index (χ2v) is 14.9. The van der Waals surface area contributed by atoms with E-state index in [1.54, 1.807) is 51.1 Å². The van der Waals surface area contributed by atoms with Gasteiger partial charge in [0.25, 0.3) is 5.91 Å². The van der Waals surface area contributed by atoms with Crippen LogP contribution in [0, 0.1) is 23.2 Å². The zero-order valence-electron chi connectivity index (χ0n) is 28.2. The van der Waals surface area contributed by atoms with Crippen molar-refractivity contribution in [1.82, 2.24) is 20.9 Å². The number of carbonyl (C=O) groups is 5. The maximum absolute atomic E-state index is 14.4. The summed E-state index contributed by atoms with van der Waals surface area (Å²) in [4.78, 5) is 68.5. The monoisotopic (exact) mass is 684 g/mol. The molecule has 2 aromatic carbocycles. The van der Waals surface area contributed by atoms with Gasteiger partial charge in [-0.1, -0.05) is 68.4 Å². The Hall–Kier alpha value is -4.42. The highest BCUT2D eigenvalue weighted by molar-refractivity contribution is 6.38. The molecule has 10 nitrogen and oxygen atoms in total. The first kappa shape index (κ1) is 35.9. The van der Waals surface area contributed by atoms with E-state index in [0.29, 0.717) is 18.4 Å². The summed E-state index contributed by atoms with van der Waals surface area (Å²) in [7, 11) is 0. The second kappa shape index (κ2) is 13.5. The van der Waals surface area contributed by atoms with Crippen molar-refractivity contribution >= 4 is 29.6 Å². The maximum Gasteiger partial charge on any atom is 0.408 e. The molecule has 5 atom stereocenters. The molecule has 13 heteroatoms. The summed E-state index contributed by atoms with van der Waals surface area (Å²) < 4.78 is 46.6. The number of nitrogens with one attached hydrogen (secondary N) is 3. The number of Topliss-reactive ketones (excluding diaryl/α,β-unsaturated/α-hetero) is 1. The van der Waals surface area contributed by atoms with Crippen LogP contribution in [0.25, 0.3) is 0 Å². The summed E-state index contributed by atoms with van der Waals surface area (Å²) in [5, 5.41) is 7.25. The van der Waals surface area contributed by atoms with Crippen molar-refractivity contribution in [2.24, 2.45) is 23.2 Å². The fraction of sp³-hybridized carbons (Fsp3) is 0.528. The number of piperidine rings is 1. The Balaban J connectivity index is 1.38. The number of likely N-dealkylation sites (tertiary alicyclic amines) is 1. The Bertz CT molecular complexity index is 1580. The predicted octanol–water partition coefficient (Wildman–Crippen LogP) is 4.10. The molecule has 2 unspecified atom stereocenters. The van der Waals surface area contributed by atoms with Gasteiger partial charge in [-0.2, -0.15) is 13.2 Å². The number of carbonyl (C=O) groups excluding carboxylic acids is 5. The summed E-state index contributed by atoms with van der Waals surface area (Å²) in [6.45, 7) is 8.91. The van der Waals surface area contributed by atoms with Crippen LogP contribution in [0.15, 0.2) is 54.6 Å². The lowest BCUT2D eigenvalue weighted by molar-refractivity contribution is -0.155. The summed E-state index contributed by atoms with van der Waals surface area (Å²) in [6.07, 6.45) is -6.51. The standard InChI is InChI=1S/C36H43F3N4O6/c1-34(2,3)49-33(48)42-27(23-15-21-13-9-10-14-22(21)16-23)32(47)43-19-24-26(35(24,4)5)28(43)30(45)41-25(17-36(37,38)39)29(44)31(46)40-18-20-11-7-6-8-12-20/h6-14,23-28H,15-19H2,1-5H3,(H,40,46)(H,41,45)(H,42,48)/t24-,25?,26?,27-,28-/m0/s1. The summed E-state index contributed by atoms with van der Waals surface area (Å²) in [6, 6.07) is 11.6. The molecule has 0 bridgehead atoms. The van der Waals surface area contributed by atoms with E-state index in [9.17, 15) is 37.1 Å². The van der Waals surface area contributed by atoms with Crippen LogP contribution in [0.4, 0.5) is 18.0 Å². The molecule has 4 amide bonds. The first-order valence-electron chi connectivity index (χ1n) is 16.5. The summed E-state index contributed by atoms with van der Waals surface area (Å²) in [5.41, 5.74) is 1.41. The number of benzene rings is 2. The number of halogens is 3. The molecule has 264 valence electrons. The molecular formula is C36H43F3N4O6.